The highest BCUT2D eigenvalue weighted by Crippen LogP contribution is 2.13. The molecule has 3 heteroatoms. The highest BCUT2D eigenvalue weighted by molar-refractivity contribution is 4.96. The van der Waals surface area contributed by atoms with Crippen LogP contribution in [0.15, 0.2) is 11.8 Å². The first-order chi connectivity index (χ1) is 6.95. The van der Waals surface area contributed by atoms with Gasteiger partial charge in [-0.05, 0) is 18.9 Å². The zero-order valence-electron chi connectivity index (χ0n) is 8.80. The van der Waals surface area contributed by atoms with Crippen LogP contribution in [0.4, 0.5) is 0 Å². The zero-order chi connectivity index (χ0) is 9.64. The number of nitrogens with one attached hydrogen (secondary N) is 1. The van der Waals surface area contributed by atoms with E-state index in [9.17, 15) is 0 Å². The number of piperazine rings is 1. The van der Waals surface area contributed by atoms with E-state index in [2.05, 4.69) is 16.3 Å². The molecule has 0 amide bonds. The Morgan fingerprint density at radius 2 is 2.21 bits per heavy atom. The van der Waals surface area contributed by atoms with Crippen molar-refractivity contribution in [1.82, 2.24) is 10.2 Å². The van der Waals surface area contributed by atoms with Crippen molar-refractivity contribution in [3.63, 3.8) is 0 Å². The van der Waals surface area contributed by atoms with Crippen LogP contribution in [-0.4, -0.2) is 44.2 Å². The molecule has 0 bridgehead atoms. The highest BCUT2D eigenvalue weighted by atomic mass is 16.5. The van der Waals surface area contributed by atoms with E-state index in [0.717, 1.165) is 32.7 Å². The Labute approximate surface area is 86.1 Å². The Kier molecular flexibility index (Phi) is 3.83. The molecule has 2 rings (SSSR count). The fourth-order valence-corrected chi connectivity index (χ4v) is 1.99. The maximum Gasteiger partial charge on any atom is 0.0932 e. The van der Waals surface area contributed by atoms with Gasteiger partial charge in [0, 0.05) is 39.1 Å². The van der Waals surface area contributed by atoms with Gasteiger partial charge in [0.1, 0.15) is 0 Å². The van der Waals surface area contributed by atoms with Gasteiger partial charge in [0.25, 0.3) is 0 Å². The van der Waals surface area contributed by atoms with Gasteiger partial charge in [-0.25, -0.2) is 0 Å². The Morgan fingerprint density at radius 3 is 2.93 bits per heavy atom. The van der Waals surface area contributed by atoms with E-state index < -0.39 is 0 Å². The van der Waals surface area contributed by atoms with Crippen LogP contribution in [0.2, 0.25) is 0 Å². The largest absolute Gasteiger partial charge is 0.498 e. The summed E-state index contributed by atoms with van der Waals surface area (Å²) in [5.41, 5.74) is 0. The van der Waals surface area contributed by atoms with E-state index in [-0.39, 0.29) is 0 Å². The normalized spacial score (nSPS) is 24.1. The Balaban J connectivity index is 1.67. The molecule has 0 unspecified atom stereocenters. The van der Waals surface area contributed by atoms with Gasteiger partial charge in [-0.3, -0.25) is 0 Å². The van der Waals surface area contributed by atoms with Crippen LogP contribution in [-0.2, 0) is 4.74 Å². The van der Waals surface area contributed by atoms with E-state index in [1.54, 1.807) is 0 Å². The molecule has 0 radical (unpaired) electrons. The first-order valence-corrected chi connectivity index (χ1v) is 5.70. The van der Waals surface area contributed by atoms with Gasteiger partial charge in [-0.2, -0.15) is 0 Å². The molecule has 3 nitrogen and oxygen atoms in total. The molecule has 1 saturated heterocycles. The van der Waals surface area contributed by atoms with E-state index in [1.165, 1.54) is 31.7 Å². The van der Waals surface area contributed by atoms with Crippen molar-refractivity contribution in [2.24, 2.45) is 0 Å². The summed E-state index contributed by atoms with van der Waals surface area (Å²) >= 11 is 0. The summed E-state index contributed by atoms with van der Waals surface area (Å²) in [6.07, 6.45) is 5.75. The molecular formula is C11H20N2O. The van der Waals surface area contributed by atoms with E-state index in [0.29, 0.717) is 0 Å². The Bertz CT molecular complexity index is 197. The lowest BCUT2D eigenvalue weighted by Gasteiger charge is -2.27. The smallest absolute Gasteiger partial charge is 0.0932 e. The van der Waals surface area contributed by atoms with Gasteiger partial charge in [-0.15, -0.1) is 0 Å². The monoisotopic (exact) mass is 196 g/mol. The lowest BCUT2D eigenvalue weighted by Crippen LogP contribution is -2.43. The van der Waals surface area contributed by atoms with Crippen LogP contribution >= 0.6 is 0 Å². The molecule has 0 atom stereocenters. The van der Waals surface area contributed by atoms with Crippen molar-refractivity contribution in [2.45, 2.75) is 19.3 Å². The minimum atomic E-state index is 0.924. The molecule has 0 aromatic carbocycles. The molecule has 80 valence electrons. The SMILES string of the molecule is C1=C(CCN2CCNCC2)OCCC1. The highest BCUT2D eigenvalue weighted by Gasteiger charge is 2.11. The van der Waals surface area contributed by atoms with Crippen molar-refractivity contribution in [2.75, 3.05) is 39.3 Å². The number of hydrogen-bond donors (Lipinski definition) is 1. The predicted octanol–water partition coefficient (Wildman–Crippen LogP) is 0.976. The fourth-order valence-electron chi connectivity index (χ4n) is 1.99. The van der Waals surface area contributed by atoms with Gasteiger partial charge in [0.2, 0.25) is 0 Å². The molecule has 2 aliphatic rings. The van der Waals surface area contributed by atoms with Crippen LogP contribution in [0.5, 0.6) is 0 Å². The number of nitrogens with zero attached hydrogens (tertiary/aromatic N) is 1. The maximum absolute atomic E-state index is 5.59. The van der Waals surface area contributed by atoms with Crippen molar-refractivity contribution in [3.05, 3.63) is 11.8 Å². The van der Waals surface area contributed by atoms with Crippen molar-refractivity contribution >= 4 is 0 Å². The third-order valence-corrected chi connectivity index (χ3v) is 2.89. The second-order valence-electron chi connectivity index (χ2n) is 4.00. The molecule has 2 heterocycles. The second kappa shape index (κ2) is 5.37. The molecule has 14 heavy (non-hydrogen) atoms. The van der Waals surface area contributed by atoms with Crippen LogP contribution < -0.4 is 5.32 Å². The average molecular weight is 196 g/mol. The quantitative estimate of drug-likeness (QED) is 0.728. The zero-order valence-corrected chi connectivity index (χ0v) is 8.80. The van der Waals surface area contributed by atoms with E-state index in [4.69, 9.17) is 4.74 Å². The van der Waals surface area contributed by atoms with Crippen LogP contribution in [0.3, 0.4) is 0 Å². The van der Waals surface area contributed by atoms with E-state index >= 15 is 0 Å². The van der Waals surface area contributed by atoms with Crippen LogP contribution in [0, 0.1) is 0 Å². The van der Waals surface area contributed by atoms with Crippen molar-refractivity contribution in [3.8, 4) is 0 Å². The lowest BCUT2D eigenvalue weighted by atomic mass is 10.2. The van der Waals surface area contributed by atoms with E-state index in [1.807, 2.05) is 0 Å². The summed E-state index contributed by atoms with van der Waals surface area (Å²) in [4.78, 5) is 2.51. The van der Waals surface area contributed by atoms with Gasteiger partial charge in [-0.1, -0.05) is 0 Å². The first-order valence-electron chi connectivity index (χ1n) is 5.70. The Morgan fingerprint density at radius 1 is 1.36 bits per heavy atom. The number of allylic oxidation sites excluding steroid dienone is 1. The van der Waals surface area contributed by atoms with Crippen molar-refractivity contribution < 1.29 is 4.74 Å². The van der Waals surface area contributed by atoms with Gasteiger partial charge in [0.05, 0.1) is 12.4 Å². The molecule has 1 fully saturated rings. The number of rotatable bonds is 3. The standard InChI is InChI=1S/C11H20N2O/c1-2-10-14-11(3-1)4-7-13-8-5-12-6-9-13/h3,12H,1-2,4-10H2. The molecular weight excluding hydrogens is 176 g/mol. The lowest BCUT2D eigenvalue weighted by molar-refractivity contribution is 0.166. The third-order valence-electron chi connectivity index (χ3n) is 2.89. The van der Waals surface area contributed by atoms with Gasteiger partial charge >= 0.3 is 0 Å². The summed E-state index contributed by atoms with van der Waals surface area (Å²) in [5.74, 6) is 1.22. The van der Waals surface area contributed by atoms with Crippen LogP contribution in [0.1, 0.15) is 19.3 Å². The third kappa shape index (κ3) is 3.00. The summed E-state index contributed by atoms with van der Waals surface area (Å²) in [7, 11) is 0. The maximum atomic E-state index is 5.59. The summed E-state index contributed by atoms with van der Waals surface area (Å²) in [6, 6.07) is 0. The molecule has 0 spiro atoms. The van der Waals surface area contributed by atoms with Crippen LogP contribution in [0.25, 0.3) is 0 Å². The number of ether oxygens (including phenoxy) is 1. The summed E-state index contributed by atoms with van der Waals surface area (Å²) in [5, 5.41) is 3.37. The number of hydrogen-bond acceptors (Lipinski definition) is 3. The molecule has 0 aromatic heterocycles. The van der Waals surface area contributed by atoms with Crippen molar-refractivity contribution in [1.29, 1.82) is 0 Å². The fraction of sp³-hybridized carbons (Fsp3) is 0.818. The average Bonchev–Trinajstić information content (AvgIpc) is 2.29. The minimum absolute atomic E-state index is 0.924. The molecule has 0 saturated carbocycles. The molecule has 1 N–H and O–H groups in total. The first kappa shape index (κ1) is 9.99. The van der Waals surface area contributed by atoms with Gasteiger partial charge in [0.15, 0.2) is 0 Å². The predicted molar refractivity (Wildman–Crippen MR) is 57.2 cm³/mol. The van der Waals surface area contributed by atoms with Gasteiger partial charge < -0.3 is 15.0 Å². The molecule has 0 aromatic rings. The molecule has 0 aliphatic carbocycles. The Hall–Kier alpha value is -0.540. The summed E-state index contributed by atoms with van der Waals surface area (Å²) < 4.78 is 5.59. The second-order valence-corrected chi connectivity index (χ2v) is 4.00. The molecule has 2 aliphatic heterocycles. The minimum Gasteiger partial charge on any atom is -0.498 e. The topological polar surface area (TPSA) is 24.5 Å². The summed E-state index contributed by atoms with van der Waals surface area (Å²) in [6.45, 7) is 6.74.